The van der Waals surface area contributed by atoms with Crippen LogP contribution in [-0.4, -0.2) is 18.5 Å². The molecule has 0 aromatic heterocycles. The fraction of sp³-hybridized carbons (Fsp3) is 0.529. The molecule has 0 unspecified atom stereocenters. The minimum absolute atomic E-state index is 0.224. The van der Waals surface area contributed by atoms with E-state index < -0.39 is 0 Å². The number of esters is 2. The molecule has 0 saturated heterocycles. The zero-order chi connectivity index (χ0) is 15.5. The number of rotatable bonds is 9. The third kappa shape index (κ3) is 6.93. The summed E-state index contributed by atoms with van der Waals surface area (Å²) in [6.45, 7) is 4.46. The van der Waals surface area contributed by atoms with E-state index in [4.69, 9.17) is 9.47 Å². The second kappa shape index (κ2) is 9.97. The van der Waals surface area contributed by atoms with Crippen LogP contribution < -0.4 is 4.74 Å². The van der Waals surface area contributed by atoms with E-state index in [1.165, 1.54) is 0 Å². The smallest absolute Gasteiger partial charge is 0.311 e. The van der Waals surface area contributed by atoms with Gasteiger partial charge in [0.1, 0.15) is 5.75 Å². The van der Waals surface area contributed by atoms with Crippen molar-refractivity contribution in [2.24, 2.45) is 0 Å². The number of hydrogen-bond acceptors (Lipinski definition) is 4. The summed E-state index contributed by atoms with van der Waals surface area (Å²) in [5.41, 5.74) is 1.04. The first kappa shape index (κ1) is 17.2. The van der Waals surface area contributed by atoms with Crippen molar-refractivity contribution in [1.82, 2.24) is 0 Å². The average Bonchev–Trinajstić information content (AvgIpc) is 2.47. The first-order valence-corrected chi connectivity index (χ1v) is 7.61. The van der Waals surface area contributed by atoms with Crippen molar-refractivity contribution in [1.29, 1.82) is 0 Å². The summed E-state index contributed by atoms with van der Waals surface area (Å²) >= 11 is 0. The molecule has 0 radical (unpaired) electrons. The summed E-state index contributed by atoms with van der Waals surface area (Å²) in [6, 6.07) is 7.56. The van der Waals surface area contributed by atoms with E-state index in [9.17, 15) is 9.59 Å². The van der Waals surface area contributed by atoms with Crippen molar-refractivity contribution in [3.05, 3.63) is 29.8 Å². The monoisotopic (exact) mass is 292 g/mol. The van der Waals surface area contributed by atoms with Crippen LogP contribution in [0, 0.1) is 0 Å². The van der Waals surface area contributed by atoms with Crippen molar-refractivity contribution in [2.75, 3.05) is 6.61 Å². The molecule has 0 atom stereocenters. The maximum absolute atomic E-state index is 11.8. The molecule has 1 aromatic rings. The molecule has 0 saturated carbocycles. The number of benzene rings is 1. The normalized spacial score (nSPS) is 10.2. The summed E-state index contributed by atoms with van der Waals surface area (Å²) in [7, 11) is 0. The number of aryl methyl sites for hydroxylation is 1. The summed E-state index contributed by atoms with van der Waals surface area (Å²) in [6.07, 6.45) is 3.62. The molecular formula is C17H24O4. The Hall–Kier alpha value is -1.84. The van der Waals surface area contributed by atoms with E-state index in [0.717, 1.165) is 24.8 Å². The van der Waals surface area contributed by atoms with Gasteiger partial charge in [0.15, 0.2) is 0 Å². The molecule has 0 aliphatic heterocycles. The van der Waals surface area contributed by atoms with Gasteiger partial charge >= 0.3 is 11.9 Å². The van der Waals surface area contributed by atoms with Crippen LogP contribution >= 0.6 is 0 Å². The first-order chi connectivity index (χ1) is 10.2. The molecule has 0 aliphatic carbocycles. The average molecular weight is 292 g/mol. The topological polar surface area (TPSA) is 52.6 Å². The van der Waals surface area contributed by atoms with Crippen LogP contribution in [0.1, 0.15) is 51.5 Å². The summed E-state index contributed by atoms with van der Waals surface area (Å²) < 4.78 is 10.3. The minimum Gasteiger partial charge on any atom is -0.466 e. The number of hydrogen-bond donors (Lipinski definition) is 0. The Bertz CT molecular complexity index is 454. The summed E-state index contributed by atoms with van der Waals surface area (Å²) in [5, 5.41) is 0. The summed E-state index contributed by atoms with van der Waals surface area (Å²) in [4.78, 5) is 23.1. The van der Waals surface area contributed by atoms with E-state index in [1.54, 1.807) is 6.07 Å². The van der Waals surface area contributed by atoms with Gasteiger partial charge in [-0.25, -0.2) is 0 Å². The van der Waals surface area contributed by atoms with E-state index >= 15 is 0 Å². The van der Waals surface area contributed by atoms with Crippen molar-refractivity contribution >= 4 is 11.9 Å². The predicted molar refractivity (Wildman–Crippen MR) is 81.2 cm³/mol. The van der Waals surface area contributed by atoms with Crippen LogP contribution in [0.3, 0.4) is 0 Å². The van der Waals surface area contributed by atoms with Gasteiger partial charge in [0.05, 0.1) is 6.61 Å². The molecule has 1 aromatic carbocycles. The van der Waals surface area contributed by atoms with Gasteiger partial charge in [-0.2, -0.15) is 0 Å². The lowest BCUT2D eigenvalue weighted by Gasteiger charge is -2.09. The predicted octanol–water partition coefficient (Wildman–Crippen LogP) is 3.67. The molecule has 0 N–H and O–H groups in total. The lowest BCUT2D eigenvalue weighted by Crippen LogP contribution is -2.11. The second-order valence-electron chi connectivity index (χ2n) is 4.91. The highest BCUT2D eigenvalue weighted by molar-refractivity contribution is 5.74. The molecule has 0 bridgehead atoms. The zero-order valence-electron chi connectivity index (χ0n) is 12.9. The number of ether oxygens (including phenoxy) is 2. The standard InChI is InChI=1S/C17H24O4/c1-3-8-14-9-5-6-10-15(14)21-17(19)12-7-11-16(18)20-13-4-2/h5-6,9-10H,3-4,7-8,11-13H2,1-2H3. The third-order valence-corrected chi connectivity index (χ3v) is 2.94. The molecule has 21 heavy (non-hydrogen) atoms. The van der Waals surface area contributed by atoms with Gasteiger partial charge < -0.3 is 9.47 Å². The van der Waals surface area contributed by atoms with E-state index in [0.29, 0.717) is 18.8 Å². The molecule has 0 spiro atoms. The highest BCUT2D eigenvalue weighted by atomic mass is 16.5. The Morgan fingerprint density at radius 3 is 2.43 bits per heavy atom. The third-order valence-electron chi connectivity index (χ3n) is 2.94. The van der Waals surface area contributed by atoms with Crippen LogP contribution in [0.15, 0.2) is 24.3 Å². The van der Waals surface area contributed by atoms with Crippen LogP contribution in [0.2, 0.25) is 0 Å². The number of carbonyl (C=O) groups excluding carboxylic acids is 2. The fourth-order valence-corrected chi connectivity index (χ4v) is 1.92. The molecule has 0 amide bonds. The highest BCUT2D eigenvalue weighted by Gasteiger charge is 2.10. The minimum atomic E-state index is -0.304. The van der Waals surface area contributed by atoms with Gasteiger partial charge in [0.2, 0.25) is 0 Å². The molecule has 116 valence electrons. The van der Waals surface area contributed by atoms with Gasteiger partial charge in [-0.1, -0.05) is 38.5 Å². The largest absolute Gasteiger partial charge is 0.466 e. The van der Waals surface area contributed by atoms with Gasteiger partial charge in [-0.15, -0.1) is 0 Å². The van der Waals surface area contributed by atoms with Crippen molar-refractivity contribution in [3.8, 4) is 5.75 Å². The van der Waals surface area contributed by atoms with E-state index in [1.807, 2.05) is 25.1 Å². The van der Waals surface area contributed by atoms with Crippen molar-refractivity contribution in [3.63, 3.8) is 0 Å². The van der Waals surface area contributed by atoms with Crippen LogP contribution in [0.25, 0.3) is 0 Å². The zero-order valence-corrected chi connectivity index (χ0v) is 12.9. The van der Waals surface area contributed by atoms with Gasteiger partial charge in [0, 0.05) is 12.8 Å². The molecule has 1 rings (SSSR count). The van der Waals surface area contributed by atoms with E-state index in [2.05, 4.69) is 6.92 Å². The second-order valence-corrected chi connectivity index (χ2v) is 4.91. The Balaban J connectivity index is 2.35. The van der Waals surface area contributed by atoms with Gasteiger partial charge in [-0.05, 0) is 30.9 Å². The highest BCUT2D eigenvalue weighted by Crippen LogP contribution is 2.20. The first-order valence-electron chi connectivity index (χ1n) is 7.61. The summed E-state index contributed by atoms with van der Waals surface area (Å²) in [5.74, 6) is 0.0655. The molecule has 0 fully saturated rings. The lowest BCUT2D eigenvalue weighted by atomic mass is 10.1. The van der Waals surface area contributed by atoms with E-state index in [-0.39, 0.29) is 24.8 Å². The van der Waals surface area contributed by atoms with Crippen molar-refractivity contribution in [2.45, 2.75) is 52.4 Å². The SMILES string of the molecule is CCCOC(=O)CCCC(=O)Oc1ccccc1CCC. The molecule has 0 aliphatic rings. The molecular weight excluding hydrogens is 268 g/mol. The Kier molecular flexibility index (Phi) is 8.17. The number of para-hydroxylation sites is 1. The molecule has 4 nitrogen and oxygen atoms in total. The van der Waals surface area contributed by atoms with Crippen LogP contribution in [-0.2, 0) is 20.7 Å². The maximum atomic E-state index is 11.8. The molecule has 0 heterocycles. The van der Waals surface area contributed by atoms with Gasteiger partial charge in [-0.3, -0.25) is 9.59 Å². The Morgan fingerprint density at radius 2 is 1.71 bits per heavy atom. The lowest BCUT2D eigenvalue weighted by molar-refractivity contribution is -0.144. The van der Waals surface area contributed by atoms with Gasteiger partial charge in [0.25, 0.3) is 0 Å². The van der Waals surface area contributed by atoms with Crippen LogP contribution in [0.4, 0.5) is 0 Å². The van der Waals surface area contributed by atoms with Crippen LogP contribution in [0.5, 0.6) is 5.75 Å². The molecule has 4 heteroatoms. The Morgan fingerprint density at radius 1 is 1.00 bits per heavy atom. The quantitative estimate of drug-likeness (QED) is 0.515. The van der Waals surface area contributed by atoms with Crippen molar-refractivity contribution < 1.29 is 19.1 Å². The fourth-order valence-electron chi connectivity index (χ4n) is 1.92. The maximum Gasteiger partial charge on any atom is 0.311 e. The Labute approximate surface area is 126 Å². The number of carbonyl (C=O) groups is 2.